The molecule has 1 aromatic heterocycles. The largest absolute Gasteiger partial charge is 0.445 e. The van der Waals surface area contributed by atoms with E-state index in [9.17, 15) is 9.90 Å². The van der Waals surface area contributed by atoms with Crippen LogP contribution in [0, 0.1) is 5.92 Å². The summed E-state index contributed by atoms with van der Waals surface area (Å²) >= 11 is 0. The first-order chi connectivity index (χ1) is 14.6. The Labute approximate surface area is 176 Å². The summed E-state index contributed by atoms with van der Waals surface area (Å²) in [5, 5.41) is 16.4. The normalized spacial score (nSPS) is 12.9. The summed E-state index contributed by atoms with van der Waals surface area (Å²) in [6, 6.07) is 19.1. The number of aliphatic hydroxyl groups excluding tert-OH is 1. The van der Waals surface area contributed by atoms with Crippen LogP contribution in [0.2, 0.25) is 0 Å². The SMILES string of the molecule is CC(Cc1noc(CCc2ccccc2)n1)C(CO)NC(=O)OCc1ccccc1. The van der Waals surface area contributed by atoms with Crippen LogP contribution < -0.4 is 5.32 Å². The van der Waals surface area contributed by atoms with Crippen LogP contribution in [0.1, 0.15) is 29.8 Å². The number of benzene rings is 2. The highest BCUT2D eigenvalue weighted by Gasteiger charge is 2.22. The quantitative estimate of drug-likeness (QED) is 0.533. The minimum Gasteiger partial charge on any atom is -0.445 e. The van der Waals surface area contributed by atoms with Crippen molar-refractivity contribution in [2.45, 2.75) is 38.8 Å². The molecule has 2 N–H and O–H groups in total. The highest BCUT2D eigenvalue weighted by molar-refractivity contribution is 5.67. The third kappa shape index (κ3) is 6.70. The number of aliphatic hydroxyl groups is 1. The molecule has 0 fully saturated rings. The Bertz CT molecular complexity index is 899. The number of ether oxygens (including phenoxy) is 1. The molecule has 0 bridgehead atoms. The third-order valence-corrected chi connectivity index (χ3v) is 4.88. The van der Waals surface area contributed by atoms with Crippen molar-refractivity contribution < 1.29 is 19.2 Å². The molecule has 30 heavy (non-hydrogen) atoms. The minimum absolute atomic E-state index is 0.0983. The molecule has 1 heterocycles. The molecule has 3 rings (SSSR count). The monoisotopic (exact) mass is 409 g/mol. The third-order valence-electron chi connectivity index (χ3n) is 4.88. The average molecular weight is 409 g/mol. The Hall–Kier alpha value is -3.19. The number of rotatable bonds is 10. The van der Waals surface area contributed by atoms with Crippen LogP contribution in [0.3, 0.4) is 0 Å². The summed E-state index contributed by atoms with van der Waals surface area (Å²) in [5.74, 6) is 1.04. The van der Waals surface area contributed by atoms with Gasteiger partial charge >= 0.3 is 6.09 Å². The van der Waals surface area contributed by atoms with Crippen LogP contribution in [-0.4, -0.2) is 34.0 Å². The smallest absolute Gasteiger partial charge is 0.407 e. The molecule has 3 aromatic rings. The molecule has 1 amide bonds. The van der Waals surface area contributed by atoms with E-state index in [4.69, 9.17) is 9.26 Å². The predicted molar refractivity (Wildman–Crippen MR) is 112 cm³/mol. The summed E-state index contributed by atoms with van der Waals surface area (Å²) in [4.78, 5) is 16.5. The van der Waals surface area contributed by atoms with Crippen LogP contribution in [-0.2, 0) is 30.6 Å². The zero-order valence-electron chi connectivity index (χ0n) is 17.0. The van der Waals surface area contributed by atoms with E-state index in [1.54, 1.807) is 0 Å². The van der Waals surface area contributed by atoms with E-state index >= 15 is 0 Å². The van der Waals surface area contributed by atoms with E-state index in [1.807, 2.05) is 55.5 Å². The van der Waals surface area contributed by atoms with E-state index in [-0.39, 0.29) is 19.1 Å². The van der Waals surface area contributed by atoms with Crippen molar-refractivity contribution >= 4 is 6.09 Å². The molecule has 7 nitrogen and oxygen atoms in total. The fraction of sp³-hybridized carbons (Fsp3) is 0.348. The number of carbonyl (C=O) groups excluding carboxylic acids is 1. The second kappa shape index (κ2) is 11.1. The molecule has 0 aliphatic heterocycles. The van der Waals surface area contributed by atoms with Crippen molar-refractivity contribution in [3.8, 4) is 0 Å². The second-order valence-electron chi connectivity index (χ2n) is 7.27. The number of carbonyl (C=O) groups is 1. The van der Waals surface area contributed by atoms with Gasteiger partial charge in [0.1, 0.15) is 6.61 Å². The van der Waals surface area contributed by atoms with Crippen LogP contribution in [0.5, 0.6) is 0 Å². The maximum atomic E-state index is 12.1. The van der Waals surface area contributed by atoms with Crippen LogP contribution in [0.4, 0.5) is 4.79 Å². The zero-order valence-corrected chi connectivity index (χ0v) is 17.0. The first kappa shape index (κ1) is 21.5. The van der Waals surface area contributed by atoms with Gasteiger partial charge in [-0.2, -0.15) is 4.98 Å². The van der Waals surface area contributed by atoms with E-state index in [0.29, 0.717) is 24.6 Å². The summed E-state index contributed by atoms with van der Waals surface area (Å²) in [6.45, 7) is 1.88. The van der Waals surface area contributed by atoms with Crippen molar-refractivity contribution in [1.29, 1.82) is 0 Å². The van der Waals surface area contributed by atoms with Gasteiger partial charge in [0.25, 0.3) is 0 Å². The van der Waals surface area contributed by atoms with Gasteiger partial charge in [-0.05, 0) is 23.5 Å². The summed E-state index contributed by atoms with van der Waals surface area (Å²) in [7, 11) is 0. The van der Waals surface area contributed by atoms with Crippen molar-refractivity contribution in [3.63, 3.8) is 0 Å². The second-order valence-corrected chi connectivity index (χ2v) is 7.27. The molecule has 0 radical (unpaired) electrons. The predicted octanol–water partition coefficient (Wildman–Crippen LogP) is 3.32. The molecule has 2 atom stereocenters. The molecule has 2 unspecified atom stereocenters. The van der Waals surface area contributed by atoms with Crippen LogP contribution >= 0.6 is 0 Å². The lowest BCUT2D eigenvalue weighted by molar-refractivity contribution is 0.121. The summed E-state index contributed by atoms with van der Waals surface area (Å²) in [5.41, 5.74) is 2.11. The fourth-order valence-corrected chi connectivity index (χ4v) is 3.08. The zero-order chi connectivity index (χ0) is 21.2. The molecule has 0 saturated heterocycles. The van der Waals surface area contributed by atoms with Crippen molar-refractivity contribution in [2.75, 3.05) is 6.61 Å². The molecule has 0 aliphatic carbocycles. The van der Waals surface area contributed by atoms with Crippen molar-refractivity contribution in [1.82, 2.24) is 15.5 Å². The molecule has 2 aromatic carbocycles. The fourth-order valence-electron chi connectivity index (χ4n) is 3.08. The van der Waals surface area contributed by atoms with Crippen LogP contribution in [0.15, 0.2) is 65.2 Å². The lowest BCUT2D eigenvalue weighted by atomic mass is 9.99. The van der Waals surface area contributed by atoms with Gasteiger partial charge in [0.2, 0.25) is 5.89 Å². The topological polar surface area (TPSA) is 97.5 Å². The van der Waals surface area contributed by atoms with Crippen molar-refractivity contribution in [3.05, 3.63) is 83.5 Å². The molecule has 0 aliphatic rings. The number of aromatic nitrogens is 2. The van der Waals surface area contributed by atoms with Gasteiger partial charge in [-0.1, -0.05) is 72.7 Å². The first-order valence-electron chi connectivity index (χ1n) is 10.1. The lowest BCUT2D eigenvalue weighted by Gasteiger charge is -2.22. The van der Waals surface area contributed by atoms with Crippen molar-refractivity contribution in [2.24, 2.45) is 5.92 Å². The number of alkyl carbamates (subject to hydrolysis) is 1. The van der Waals surface area contributed by atoms with E-state index in [2.05, 4.69) is 27.6 Å². The Balaban J connectivity index is 1.45. The van der Waals surface area contributed by atoms with Gasteiger partial charge in [-0.25, -0.2) is 4.79 Å². The maximum absolute atomic E-state index is 12.1. The highest BCUT2D eigenvalue weighted by atomic mass is 16.5. The summed E-state index contributed by atoms with van der Waals surface area (Å²) < 4.78 is 10.6. The lowest BCUT2D eigenvalue weighted by Crippen LogP contribution is -2.43. The Morgan fingerprint density at radius 3 is 2.40 bits per heavy atom. The first-order valence-corrected chi connectivity index (χ1v) is 10.1. The molecular formula is C23H27N3O4. The summed E-state index contributed by atoms with van der Waals surface area (Å²) in [6.07, 6.45) is 1.39. The number of aryl methyl sites for hydroxylation is 2. The number of nitrogens with zero attached hydrogens (tertiary/aromatic N) is 2. The van der Waals surface area contributed by atoms with Gasteiger partial charge < -0.3 is 19.7 Å². The van der Waals surface area contributed by atoms with Crippen LogP contribution in [0.25, 0.3) is 0 Å². The van der Waals surface area contributed by atoms with E-state index in [0.717, 1.165) is 12.0 Å². The molecular weight excluding hydrogens is 382 g/mol. The average Bonchev–Trinajstić information content (AvgIpc) is 3.23. The standard InChI is InChI=1S/C23H27N3O4/c1-17(20(15-27)24-23(28)29-16-19-10-6-3-7-11-19)14-21-25-22(30-26-21)13-12-18-8-4-2-5-9-18/h2-11,17,20,27H,12-16H2,1H3,(H,24,28). The Morgan fingerprint density at radius 1 is 1.07 bits per heavy atom. The number of amides is 1. The highest BCUT2D eigenvalue weighted by Crippen LogP contribution is 2.12. The Morgan fingerprint density at radius 2 is 1.73 bits per heavy atom. The van der Waals surface area contributed by atoms with E-state index < -0.39 is 12.1 Å². The molecule has 0 spiro atoms. The number of nitrogens with one attached hydrogen (secondary N) is 1. The number of hydrogen-bond acceptors (Lipinski definition) is 6. The van der Waals surface area contributed by atoms with Gasteiger partial charge in [-0.15, -0.1) is 0 Å². The van der Waals surface area contributed by atoms with Gasteiger partial charge in [0.15, 0.2) is 5.82 Å². The molecule has 0 saturated carbocycles. The Kier molecular flexibility index (Phi) is 7.97. The van der Waals surface area contributed by atoms with E-state index in [1.165, 1.54) is 5.56 Å². The molecule has 158 valence electrons. The minimum atomic E-state index is -0.568. The number of hydrogen-bond donors (Lipinski definition) is 2. The van der Waals surface area contributed by atoms with Gasteiger partial charge in [0.05, 0.1) is 12.6 Å². The van der Waals surface area contributed by atoms with Gasteiger partial charge in [0, 0.05) is 12.8 Å². The maximum Gasteiger partial charge on any atom is 0.407 e. The van der Waals surface area contributed by atoms with Gasteiger partial charge in [-0.3, -0.25) is 0 Å². The molecule has 7 heteroatoms.